The van der Waals surface area contributed by atoms with Crippen LogP contribution in [0.3, 0.4) is 0 Å². The Morgan fingerprint density at radius 1 is 0.905 bits per heavy atom. The fourth-order valence-corrected chi connectivity index (χ4v) is 1.57. The second kappa shape index (κ2) is 4.74. The number of rotatable bonds is 2. The minimum atomic E-state index is -6.25. The van der Waals surface area contributed by atoms with Crippen LogP contribution < -0.4 is 0 Å². The van der Waals surface area contributed by atoms with E-state index in [4.69, 9.17) is 0 Å². The van der Waals surface area contributed by atoms with E-state index in [-0.39, 0.29) is 6.26 Å². The molecule has 0 unspecified atom stereocenters. The first-order valence-electron chi connectivity index (χ1n) is 4.68. The monoisotopic (exact) mass is 344 g/mol. The lowest BCUT2D eigenvalue weighted by Crippen LogP contribution is -2.35. The van der Waals surface area contributed by atoms with Crippen LogP contribution in [0.2, 0.25) is 0 Å². The van der Waals surface area contributed by atoms with Gasteiger partial charge in [-0.2, -0.15) is 35.1 Å². The maximum absolute atomic E-state index is 13.0. The molecule has 0 fully saturated rings. The molecule has 0 aliphatic heterocycles. The summed E-state index contributed by atoms with van der Waals surface area (Å²) in [6.45, 7) is 0. The van der Waals surface area contributed by atoms with Crippen molar-refractivity contribution in [2.75, 3.05) is 6.26 Å². The molecule has 0 aliphatic carbocycles. The summed E-state index contributed by atoms with van der Waals surface area (Å²) in [4.78, 5) is 4.83. The number of nitrogens with zero attached hydrogens (tertiary/aromatic N) is 2. The third kappa shape index (κ3) is 3.57. The maximum atomic E-state index is 13.0. The molecule has 1 aromatic heterocycles. The molecule has 120 valence electrons. The third-order valence-electron chi connectivity index (χ3n) is 2.01. The summed E-state index contributed by atoms with van der Waals surface area (Å²) in [5, 5.41) is -1.78. The molecule has 1 rings (SSSR count). The summed E-state index contributed by atoms with van der Waals surface area (Å²) in [5.74, 6) is -5.77. The first kappa shape index (κ1) is 17.5. The van der Waals surface area contributed by atoms with Crippen molar-refractivity contribution in [3.05, 3.63) is 17.5 Å². The Balaban J connectivity index is 3.69. The topological polar surface area (TPSA) is 59.9 Å². The van der Waals surface area contributed by atoms with Crippen molar-refractivity contribution in [1.82, 2.24) is 9.97 Å². The molecular formula is C8H4F8N2O2S. The number of hydrogen-bond acceptors (Lipinski definition) is 4. The molecule has 0 aliphatic rings. The van der Waals surface area contributed by atoms with Gasteiger partial charge in [-0.15, -0.1) is 0 Å². The molecule has 0 radical (unpaired) electrons. The lowest BCUT2D eigenvalue weighted by molar-refractivity contribution is -0.291. The average Bonchev–Trinajstić information content (AvgIpc) is 2.24. The van der Waals surface area contributed by atoms with Crippen molar-refractivity contribution >= 4 is 9.84 Å². The van der Waals surface area contributed by atoms with Crippen molar-refractivity contribution in [3.63, 3.8) is 0 Å². The van der Waals surface area contributed by atoms with Gasteiger partial charge in [-0.25, -0.2) is 18.4 Å². The van der Waals surface area contributed by atoms with E-state index in [1.165, 1.54) is 0 Å². The molecule has 0 aromatic carbocycles. The molecular weight excluding hydrogens is 340 g/mol. The summed E-state index contributed by atoms with van der Waals surface area (Å²) in [6, 6.07) is -0.651. The number of aromatic nitrogens is 2. The predicted molar refractivity (Wildman–Crippen MR) is 50.1 cm³/mol. The van der Waals surface area contributed by atoms with Crippen molar-refractivity contribution in [1.29, 1.82) is 0 Å². The SMILES string of the molecule is CS(=O)(=O)c1nc(C(F)(F)F)cc(C(F)(F)C(F)(F)F)n1. The van der Waals surface area contributed by atoms with Crippen LogP contribution in [0.4, 0.5) is 35.1 Å². The molecule has 4 nitrogen and oxygen atoms in total. The maximum Gasteiger partial charge on any atom is 0.459 e. The zero-order valence-corrected chi connectivity index (χ0v) is 10.5. The van der Waals surface area contributed by atoms with Crippen molar-refractivity contribution < 1.29 is 43.5 Å². The average molecular weight is 344 g/mol. The van der Waals surface area contributed by atoms with Gasteiger partial charge in [0.25, 0.3) is 0 Å². The van der Waals surface area contributed by atoms with Crippen LogP contribution in [0.1, 0.15) is 11.4 Å². The lowest BCUT2D eigenvalue weighted by Gasteiger charge is -2.20. The van der Waals surface area contributed by atoms with E-state index in [0.29, 0.717) is 0 Å². The van der Waals surface area contributed by atoms with Gasteiger partial charge >= 0.3 is 18.3 Å². The number of sulfone groups is 1. The molecule has 0 N–H and O–H groups in total. The molecule has 1 aromatic rings. The third-order valence-corrected chi connectivity index (χ3v) is 2.85. The van der Waals surface area contributed by atoms with E-state index in [1.807, 2.05) is 0 Å². The second-order valence-electron chi connectivity index (χ2n) is 3.76. The number of halogens is 8. The minimum Gasteiger partial charge on any atom is -0.221 e. The van der Waals surface area contributed by atoms with Gasteiger partial charge in [-0.1, -0.05) is 0 Å². The van der Waals surface area contributed by atoms with Gasteiger partial charge < -0.3 is 0 Å². The molecule has 1 heterocycles. The normalized spacial score (nSPS) is 14.3. The first-order chi connectivity index (χ1) is 9.07. The van der Waals surface area contributed by atoms with Crippen LogP contribution in [0, 0.1) is 0 Å². The summed E-state index contributed by atoms with van der Waals surface area (Å²) in [6.07, 6.45) is -11.4. The predicted octanol–water partition coefficient (Wildman–Crippen LogP) is 2.55. The molecule has 13 heteroatoms. The van der Waals surface area contributed by atoms with E-state index in [1.54, 1.807) is 0 Å². The van der Waals surface area contributed by atoms with E-state index in [0.717, 1.165) is 0 Å². The van der Waals surface area contributed by atoms with Crippen LogP contribution in [-0.2, 0) is 21.9 Å². The zero-order valence-electron chi connectivity index (χ0n) is 9.72. The largest absolute Gasteiger partial charge is 0.459 e. The highest BCUT2D eigenvalue weighted by atomic mass is 32.2. The van der Waals surface area contributed by atoms with Gasteiger partial charge in [0.15, 0.2) is 0 Å². The van der Waals surface area contributed by atoms with Crippen LogP contribution >= 0.6 is 0 Å². The van der Waals surface area contributed by atoms with Crippen molar-refractivity contribution in [3.8, 4) is 0 Å². The molecule has 0 spiro atoms. The first-order valence-corrected chi connectivity index (χ1v) is 6.57. The van der Waals surface area contributed by atoms with Gasteiger partial charge in [0.2, 0.25) is 15.0 Å². The standard InChI is InChI=1S/C8H4F8N2O2S/c1-21(19,20)5-17-3(6(9,10)8(14,15)16)2-4(18-5)7(11,12)13/h2H,1H3. The molecule has 0 saturated carbocycles. The number of hydrogen-bond donors (Lipinski definition) is 0. The zero-order chi connectivity index (χ0) is 16.9. The summed E-state index contributed by atoms with van der Waals surface area (Å²) in [5.41, 5.74) is -4.63. The fraction of sp³-hybridized carbons (Fsp3) is 0.500. The Labute approximate surface area is 111 Å². The van der Waals surface area contributed by atoms with Crippen LogP contribution in [0.5, 0.6) is 0 Å². The second-order valence-corrected chi connectivity index (χ2v) is 5.67. The van der Waals surface area contributed by atoms with Gasteiger partial charge in [0, 0.05) is 6.26 Å². The highest BCUT2D eigenvalue weighted by molar-refractivity contribution is 7.90. The number of alkyl halides is 8. The Kier molecular flexibility index (Phi) is 3.96. The molecule has 21 heavy (non-hydrogen) atoms. The van der Waals surface area contributed by atoms with Gasteiger partial charge in [-0.05, 0) is 6.07 Å². The van der Waals surface area contributed by atoms with Gasteiger partial charge in [0.05, 0.1) is 0 Å². The minimum absolute atomic E-state index is 0.262. The highest BCUT2D eigenvalue weighted by Crippen LogP contribution is 2.44. The van der Waals surface area contributed by atoms with Crippen molar-refractivity contribution in [2.24, 2.45) is 0 Å². The van der Waals surface area contributed by atoms with E-state index >= 15 is 0 Å². The van der Waals surface area contributed by atoms with Gasteiger partial charge in [-0.3, -0.25) is 0 Å². The van der Waals surface area contributed by atoms with Crippen LogP contribution in [0.15, 0.2) is 11.2 Å². The fourth-order valence-electron chi connectivity index (χ4n) is 1.04. The quantitative estimate of drug-likeness (QED) is 0.611. The highest BCUT2D eigenvalue weighted by Gasteiger charge is 2.60. The lowest BCUT2D eigenvalue weighted by atomic mass is 10.2. The Morgan fingerprint density at radius 2 is 1.33 bits per heavy atom. The summed E-state index contributed by atoms with van der Waals surface area (Å²) in [7, 11) is -4.64. The molecule has 0 atom stereocenters. The van der Waals surface area contributed by atoms with E-state index in [2.05, 4.69) is 9.97 Å². The van der Waals surface area contributed by atoms with Gasteiger partial charge in [0.1, 0.15) is 11.4 Å². The van der Waals surface area contributed by atoms with Crippen LogP contribution in [-0.4, -0.2) is 30.8 Å². The van der Waals surface area contributed by atoms with E-state index < -0.39 is 50.7 Å². The summed E-state index contributed by atoms with van der Waals surface area (Å²) < 4.78 is 122. The van der Waals surface area contributed by atoms with E-state index in [9.17, 15) is 43.5 Å². The smallest absolute Gasteiger partial charge is 0.221 e. The Bertz CT molecular complexity index is 649. The van der Waals surface area contributed by atoms with Crippen molar-refractivity contribution in [2.45, 2.75) is 23.4 Å². The molecule has 0 amide bonds. The Morgan fingerprint density at radius 3 is 1.67 bits per heavy atom. The Hall–Kier alpha value is -1.53. The molecule has 0 saturated heterocycles. The van der Waals surface area contributed by atoms with Crippen LogP contribution in [0.25, 0.3) is 0 Å². The summed E-state index contributed by atoms with van der Waals surface area (Å²) >= 11 is 0. The molecule has 0 bridgehead atoms.